The summed E-state index contributed by atoms with van der Waals surface area (Å²) >= 11 is 1.39. The summed E-state index contributed by atoms with van der Waals surface area (Å²) in [5.74, 6) is -0.387. The first-order chi connectivity index (χ1) is 9.65. The number of likely N-dealkylation sites (tertiary alicyclic amines) is 1. The summed E-state index contributed by atoms with van der Waals surface area (Å²) in [6.07, 6.45) is 7.01. The number of hydrogen-bond acceptors (Lipinski definition) is 4. The maximum absolute atomic E-state index is 11.3. The van der Waals surface area contributed by atoms with Crippen molar-refractivity contribution in [3.05, 3.63) is 15.6 Å². The first kappa shape index (κ1) is 14.0. The van der Waals surface area contributed by atoms with Gasteiger partial charge in [0.1, 0.15) is 4.88 Å². The summed E-state index contributed by atoms with van der Waals surface area (Å²) in [5.41, 5.74) is 0.851. The molecule has 4 nitrogen and oxygen atoms in total. The van der Waals surface area contributed by atoms with Crippen molar-refractivity contribution in [1.82, 2.24) is 9.88 Å². The quantitative estimate of drug-likeness (QED) is 0.906. The van der Waals surface area contributed by atoms with Crippen LogP contribution in [-0.2, 0) is 6.42 Å². The van der Waals surface area contributed by atoms with Crippen LogP contribution in [0.1, 0.15) is 65.3 Å². The van der Waals surface area contributed by atoms with Crippen molar-refractivity contribution >= 4 is 17.3 Å². The molecule has 0 amide bonds. The van der Waals surface area contributed by atoms with E-state index in [9.17, 15) is 9.90 Å². The van der Waals surface area contributed by atoms with Gasteiger partial charge in [-0.15, -0.1) is 11.3 Å². The number of aromatic carboxylic acids is 1. The highest BCUT2D eigenvalue weighted by atomic mass is 32.1. The van der Waals surface area contributed by atoms with Crippen LogP contribution in [-0.4, -0.2) is 40.1 Å². The van der Waals surface area contributed by atoms with E-state index < -0.39 is 5.97 Å². The van der Waals surface area contributed by atoms with Gasteiger partial charge in [0.05, 0.1) is 10.7 Å². The lowest BCUT2D eigenvalue weighted by Crippen LogP contribution is -2.38. The van der Waals surface area contributed by atoms with Crippen LogP contribution in [0.15, 0.2) is 0 Å². The van der Waals surface area contributed by atoms with Gasteiger partial charge in [0, 0.05) is 24.9 Å². The number of thiazole rings is 1. The summed E-state index contributed by atoms with van der Waals surface area (Å²) < 4.78 is 0. The van der Waals surface area contributed by atoms with Gasteiger partial charge < -0.3 is 10.0 Å². The number of carbonyl (C=O) groups is 1. The summed E-state index contributed by atoms with van der Waals surface area (Å²) in [4.78, 5) is 18.9. The van der Waals surface area contributed by atoms with Crippen molar-refractivity contribution < 1.29 is 9.90 Å². The number of hydrogen-bond donors (Lipinski definition) is 1. The molecule has 3 rings (SSSR count). The van der Waals surface area contributed by atoms with Gasteiger partial charge in [0.2, 0.25) is 0 Å². The molecule has 1 aliphatic heterocycles. The van der Waals surface area contributed by atoms with Gasteiger partial charge in [-0.2, -0.15) is 0 Å². The fraction of sp³-hybridized carbons (Fsp3) is 0.733. The van der Waals surface area contributed by atoms with E-state index in [1.807, 2.05) is 0 Å². The minimum Gasteiger partial charge on any atom is -0.477 e. The van der Waals surface area contributed by atoms with Crippen LogP contribution in [0.2, 0.25) is 0 Å². The predicted octanol–water partition coefficient (Wildman–Crippen LogP) is 3.14. The molecule has 0 spiro atoms. The molecule has 1 aromatic rings. The van der Waals surface area contributed by atoms with E-state index in [4.69, 9.17) is 0 Å². The third kappa shape index (κ3) is 3.04. The SMILES string of the molecule is CC1CCCCN1CCc1nc(C2CC2)c(C(=O)O)s1. The first-order valence-corrected chi connectivity index (χ1v) is 8.43. The van der Waals surface area contributed by atoms with Gasteiger partial charge in [0.25, 0.3) is 0 Å². The molecule has 1 aliphatic carbocycles. The molecular formula is C15H22N2O2S. The van der Waals surface area contributed by atoms with Crippen LogP contribution in [0.4, 0.5) is 0 Å². The zero-order valence-electron chi connectivity index (χ0n) is 12.0. The second-order valence-corrected chi connectivity index (χ2v) is 7.12. The molecule has 1 aromatic heterocycles. The monoisotopic (exact) mass is 294 g/mol. The molecule has 5 heteroatoms. The molecule has 0 aromatic carbocycles. The fourth-order valence-corrected chi connectivity index (χ4v) is 3.98. The summed E-state index contributed by atoms with van der Waals surface area (Å²) in [7, 11) is 0. The molecule has 0 bridgehead atoms. The maximum atomic E-state index is 11.3. The standard InChI is InChI=1S/C15H22N2O2S/c1-10-4-2-3-8-17(10)9-7-12-16-13(11-5-6-11)14(20-12)15(18)19/h10-11H,2-9H2,1H3,(H,18,19). The third-order valence-electron chi connectivity index (χ3n) is 4.41. The molecule has 2 heterocycles. The number of piperidine rings is 1. The molecule has 2 fully saturated rings. The highest BCUT2D eigenvalue weighted by molar-refractivity contribution is 7.13. The van der Waals surface area contributed by atoms with Gasteiger partial charge in [-0.05, 0) is 39.2 Å². The minimum atomic E-state index is -0.804. The van der Waals surface area contributed by atoms with E-state index in [-0.39, 0.29) is 0 Å². The normalized spacial score (nSPS) is 23.9. The van der Waals surface area contributed by atoms with Crippen molar-refractivity contribution in [1.29, 1.82) is 0 Å². The van der Waals surface area contributed by atoms with Gasteiger partial charge in [-0.25, -0.2) is 9.78 Å². The average molecular weight is 294 g/mol. The molecule has 0 radical (unpaired) electrons. The average Bonchev–Trinajstić information content (AvgIpc) is 3.18. The molecule has 1 atom stereocenters. The zero-order valence-corrected chi connectivity index (χ0v) is 12.8. The molecule has 1 saturated heterocycles. The van der Waals surface area contributed by atoms with E-state index in [0.717, 1.165) is 36.5 Å². The predicted molar refractivity (Wildman–Crippen MR) is 79.6 cm³/mol. The Kier molecular flexibility index (Phi) is 4.08. The Labute approximate surface area is 123 Å². The number of rotatable bonds is 5. The van der Waals surface area contributed by atoms with Gasteiger partial charge in [-0.1, -0.05) is 6.42 Å². The Morgan fingerprint density at radius 2 is 2.20 bits per heavy atom. The van der Waals surface area contributed by atoms with Crippen molar-refractivity contribution in [2.75, 3.05) is 13.1 Å². The topological polar surface area (TPSA) is 53.4 Å². The second-order valence-electron chi connectivity index (χ2n) is 6.03. The fourth-order valence-electron chi connectivity index (χ4n) is 3.00. The molecule has 110 valence electrons. The van der Waals surface area contributed by atoms with Crippen LogP contribution in [0.25, 0.3) is 0 Å². The lowest BCUT2D eigenvalue weighted by atomic mass is 10.0. The van der Waals surface area contributed by atoms with E-state index in [1.165, 1.54) is 37.1 Å². The van der Waals surface area contributed by atoms with Crippen LogP contribution >= 0.6 is 11.3 Å². The van der Waals surface area contributed by atoms with Gasteiger partial charge in [-0.3, -0.25) is 0 Å². The Morgan fingerprint density at radius 1 is 1.40 bits per heavy atom. The highest BCUT2D eigenvalue weighted by Gasteiger charge is 2.32. The second kappa shape index (κ2) is 5.82. The Hall–Kier alpha value is -0.940. The van der Waals surface area contributed by atoms with Crippen LogP contribution in [0.3, 0.4) is 0 Å². The molecule has 1 saturated carbocycles. The van der Waals surface area contributed by atoms with E-state index in [2.05, 4.69) is 16.8 Å². The lowest BCUT2D eigenvalue weighted by Gasteiger charge is -2.32. The Morgan fingerprint density at radius 3 is 2.85 bits per heavy atom. The molecule has 1 unspecified atom stereocenters. The number of carboxylic acids is 1. The van der Waals surface area contributed by atoms with Crippen molar-refractivity contribution in [2.45, 2.75) is 57.4 Å². The van der Waals surface area contributed by atoms with E-state index in [0.29, 0.717) is 16.8 Å². The molecule has 1 N–H and O–H groups in total. The van der Waals surface area contributed by atoms with Gasteiger partial charge >= 0.3 is 5.97 Å². The first-order valence-electron chi connectivity index (χ1n) is 7.62. The molecule has 20 heavy (non-hydrogen) atoms. The van der Waals surface area contributed by atoms with Crippen molar-refractivity contribution in [2.24, 2.45) is 0 Å². The lowest BCUT2D eigenvalue weighted by molar-refractivity contribution is 0.0700. The smallest absolute Gasteiger partial charge is 0.347 e. The largest absolute Gasteiger partial charge is 0.477 e. The zero-order chi connectivity index (χ0) is 14.1. The molecule has 2 aliphatic rings. The summed E-state index contributed by atoms with van der Waals surface area (Å²) in [6, 6.07) is 0.658. The summed E-state index contributed by atoms with van der Waals surface area (Å²) in [6.45, 7) is 4.48. The third-order valence-corrected chi connectivity index (χ3v) is 5.53. The number of carboxylic acid groups (broad SMARTS) is 1. The summed E-state index contributed by atoms with van der Waals surface area (Å²) in [5, 5.41) is 10.3. The van der Waals surface area contributed by atoms with Crippen LogP contribution < -0.4 is 0 Å². The number of aromatic nitrogens is 1. The van der Waals surface area contributed by atoms with Crippen molar-refractivity contribution in [3.8, 4) is 0 Å². The van der Waals surface area contributed by atoms with Crippen molar-refractivity contribution in [3.63, 3.8) is 0 Å². The Bertz CT molecular complexity index is 496. The van der Waals surface area contributed by atoms with E-state index >= 15 is 0 Å². The molecular weight excluding hydrogens is 272 g/mol. The minimum absolute atomic E-state index is 0.417. The number of nitrogens with zero attached hydrogens (tertiary/aromatic N) is 2. The highest BCUT2D eigenvalue weighted by Crippen LogP contribution is 2.42. The maximum Gasteiger partial charge on any atom is 0.347 e. The van der Waals surface area contributed by atoms with Gasteiger partial charge in [0.15, 0.2) is 0 Å². The van der Waals surface area contributed by atoms with Crippen LogP contribution in [0.5, 0.6) is 0 Å². The van der Waals surface area contributed by atoms with E-state index in [1.54, 1.807) is 0 Å². The Balaban J connectivity index is 1.65. The van der Waals surface area contributed by atoms with Crippen LogP contribution in [0, 0.1) is 0 Å².